The molecule has 2 aliphatic rings. The van der Waals surface area contributed by atoms with Gasteiger partial charge < -0.3 is 5.11 Å². The molecule has 2 aliphatic heterocycles. The Hall–Kier alpha value is -1.68. The number of hydrogen-bond donors (Lipinski definition) is 1. The highest BCUT2D eigenvalue weighted by atomic mass is 16.4. The first-order chi connectivity index (χ1) is 8.16. The van der Waals surface area contributed by atoms with Gasteiger partial charge >= 0.3 is 5.97 Å². The van der Waals surface area contributed by atoms with Crippen LogP contribution in [0.2, 0.25) is 0 Å². The molecule has 1 saturated heterocycles. The monoisotopic (exact) mass is 230 g/mol. The molecule has 3 rings (SSSR count). The lowest BCUT2D eigenvalue weighted by atomic mass is 9.85. The van der Waals surface area contributed by atoms with Gasteiger partial charge in [-0.3, -0.25) is 14.7 Å². The summed E-state index contributed by atoms with van der Waals surface area (Å²) in [6.45, 7) is 0.649. The Balaban J connectivity index is 1.97. The minimum Gasteiger partial charge on any atom is -0.480 e. The molecule has 1 aromatic rings. The molecule has 2 unspecified atom stereocenters. The van der Waals surface area contributed by atoms with Crippen molar-refractivity contribution < 1.29 is 9.90 Å². The van der Waals surface area contributed by atoms with Gasteiger partial charge in [-0.2, -0.15) is 0 Å². The maximum absolute atomic E-state index is 11.2. The lowest BCUT2D eigenvalue weighted by molar-refractivity contribution is -0.143. The Labute approximate surface area is 99.6 Å². The zero-order valence-corrected chi connectivity index (χ0v) is 9.63. The third kappa shape index (κ3) is 1.56. The van der Waals surface area contributed by atoms with Crippen molar-refractivity contribution in [2.75, 3.05) is 13.6 Å². The maximum Gasteiger partial charge on any atom is 0.320 e. The number of para-hydroxylation sites is 1. The molecule has 0 bridgehead atoms. The highest BCUT2D eigenvalue weighted by molar-refractivity contribution is 6.01. The summed E-state index contributed by atoms with van der Waals surface area (Å²) in [4.78, 5) is 17.6. The summed E-state index contributed by atoms with van der Waals surface area (Å²) in [7, 11) is 1.85. The predicted molar refractivity (Wildman–Crippen MR) is 64.9 cm³/mol. The molecule has 0 radical (unpaired) electrons. The second-order valence-corrected chi connectivity index (χ2v) is 4.72. The van der Waals surface area contributed by atoms with Gasteiger partial charge in [0.05, 0.1) is 5.69 Å². The van der Waals surface area contributed by atoms with Crippen molar-refractivity contribution >= 4 is 17.4 Å². The molecule has 2 atom stereocenters. The third-order valence-corrected chi connectivity index (χ3v) is 3.67. The second-order valence-electron chi connectivity index (χ2n) is 4.72. The minimum absolute atomic E-state index is 0.198. The van der Waals surface area contributed by atoms with Crippen molar-refractivity contribution in [3.8, 4) is 0 Å². The lowest BCUT2D eigenvalue weighted by Crippen LogP contribution is -2.47. The molecular formula is C13H14N2O2. The number of likely N-dealkylation sites (N-methyl/N-ethyl adjacent to an activating group) is 1. The summed E-state index contributed by atoms with van der Waals surface area (Å²) in [5.74, 6) is -0.542. The smallest absolute Gasteiger partial charge is 0.320 e. The van der Waals surface area contributed by atoms with E-state index in [0.29, 0.717) is 13.0 Å². The van der Waals surface area contributed by atoms with Gasteiger partial charge in [0, 0.05) is 18.2 Å². The van der Waals surface area contributed by atoms with Gasteiger partial charge in [0.15, 0.2) is 0 Å². The SMILES string of the molecule is CN1CC2=Nc3ccccc3C2CC1C(=O)O. The van der Waals surface area contributed by atoms with Crippen LogP contribution >= 0.6 is 0 Å². The van der Waals surface area contributed by atoms with E-state index in [4.69, 9.17) is 0 Å². The van der Waals surface area contributed by atoms with Gasteiger partial charge in [-0.25, -0.2) is 0 Å². The predicted octanol–water partition coefficient (Wildman–Crippen LogP) is 1.65. The number of likely N-dealkylation sites (tertiary alicyclic amines) is 1. The van der Waals surface area contributed by atoms with E-state index in [-0.39, 0.29) is 5.92 Å². The first-order valence-corrected chi connectivity index (χ1v) is 5.76. The van der Waals surface area contributed by atoms with E-state index in [9.17, 15) is 9.90 Å². The number of carboxylic acids is 1. The number of rotatable bonds is 1. The van der Waals surface area contributed by atoms with Crippen molar-refractivity contribution in [1.82, 2.24) is 4.90 Å². The van der Waals surface area contributed by atoms with Crippen molar-refractivity contribution in [1.29, 1.82) is 0 Å². The standard InChI is InChI=1S/C13H14N2O2/c1-15-7-11-9(6-12(15)13(16)17)8-4-2-3-5-10(8)14-11/h2-5,9,12H,6-7H2,1H3,(H,16,17). The summed E-state index contributed by atoms with van der Waals surface area (Å²) in [6, 6.07) is 7.62. The fraction of sp³-hybridized carbons (Fsp3) is 0.385. The molecule has 4 nitrogen and oxygen atoms in total. The molecule has 0 aliphatic carbocycles. The van der Waals surface area contributed by atoms with Crippen LogP contribution < -0.4 is 0 Å². The number of benzene rings is 1. The van der Waals surface area contributed by atoms with Crippen LogP contribution in [0.15, 0.2) is 29.3 Å². The van der Waals surface area contributed by atoms with Crippen LogP contribution in [0.5, 0.6) is 0 Å². The molecule has 2 heterocycles. The Kier molecular flexibility index (Phi) is 2.26. The zero-order chi connectivity index (χ0) is 12.0. The number of nitrogens with zero attached hydrogens (tertiary/aromatic N) is 2. The number of fused-ring (bicyclic) bond motifs is 3. The highest BCUT2D eigenvalue weighted by Gasteiger charge is 2.38. The van der Waals surface area contributed by atoms with Gasteiger partial charge in [0.2, 0.25) is 0 Å². The maximum atomic E-state index is 11.2. The molecule has 1 aromatic carbocycles. The Bertz CT molecular complexity index is 510. The Morgan fingerprint density at radius 3 is 3.00 bits per heavy atom. The number of carbonyl (C=O) groups is 1. The fourth-order valence-electron chi connectivity index (χ4n) is 2.76. The summed E-state index contributed by atoms with van der Waals surface area (Å²) in [5, 5.41) is 9.20. The average molecular weight is 230 g/mol. The fourth-order valence-corrected chi connectivity index (χ4v) is 2.76. The minimum atomic E-state index is -0.740. The molecule has 0 spiro atoms. The van der Waals surface area contributed by atoms with Gasteiger partial charge in [-0.15, -0.1) is 0 Å². The number of carboxylic acid groups (broad SMARTS) is 1. The Morgan fingerprint density at radius 2 is 2.24 bits per heavy atom. The summed E-state index contributed by atoms with van der Waals surface area (Å²) >= 11 is 0. The molecule has 88 valence electrons. The number of piperidine rings is 1. The van der Waals surface area contributed by atoms with Crippen LogP contribution in [0.1, 0.15) is 17.9 Å². The highest BCUT2D eigenvalue weighted by Crippen LogP contribution is 2.40. The molecular weight excluding hydrogens is 216 g/mol. The van der Waals surface area contributed by atoms with Crippen LogP contribution in [0.25, 0.3) is 0 Å². The van der Waals surface area contributed by atoms with E-state index in [0.717, 1.165) is 11.4 Å². The van der Waals surface area contributed by atoms with Crippen LogP contribution in [0.4, 0.5) is 5.69 Å². The van der Waals surface area contributed by atoms with Gasteiger partial charge in [0.1, 0.15) is 6.04 Å². The van der Waals surface area contributed by atoms with Crippen LogP contribution in [0.3, 0.4) is 0 Å². The first-order valence-electron chi connectivity index (χ1n) is 5.76. The molecule has 0 amide bonds. The van der Waals surface area contributed by atoms with Crippen molar-refractivity contribution in [3.05, 3.63) is 29.8 Å². The molecule has 1 N–H and O–H groups in total. The first kappa shape index (κ1) is 10.5. The van der Waals surface area contributed by atoms with Gasteiger partial charge in [0.25, 0.3) is 0 Å². The quantitative estimate of drug-likeness (QED) is 0.798. The molecule has 1 fully saturated rings. The number of aliphatic imine (C=N–C) groups is 1. The number of hydrogen-bond acceptors (Lipinski definition) is 3. The van der Waals surface area contributed by atoms with Crippen molar-refractivity contribution in [2.45, 2.75) is 18.4 Å². The number of aliphatic carboxylic acids is 1. The molecule has 0 aromatic heterocycles. The van der Waals surface area contributed by atoms with Crippen LogP contribution in [-0.4, -0.2) is 41.3 Å². The summed E-state index contributed by atoms with van der Waals surface area (Å²) in [5.41, 5.74) is 3.29. The van der Waals surface area contributed by atoms with E-state index in [1.54, 1.807) is 0 Å². The molecule has 0 saturated carbocycles. The van der Waals surface area contributed by atoms with Crippen LogP contribution in [0, 0.1) is 0 Å². The zero-order valence-electron chi connectivity index (χ0n) is 9.63. The molecule has 17 heavy (non-hydrogen) atoms. The van der Waals surface area contributed by atoms with Crippen molar-refractivity contribution in [3.63, 3.8) is 0 Å². The van der Waals surface area contributed by atoms with E-state index in [2.05, 4.69) is 11.1 Å². The van der Waals surface area contributed by atoms with E-state index < -0.39 is 12.0 Å². The van der Waals surface area contributed by atoms with E-state index >= 15 is 0 Å². The second kappa shape index (κ2) is 3.67. The Morgan fingerprint density at radius 1 is 1.47 bits per heavy atom. The van der Waals surface area contributed by atoms with Crippen LogP contribution in [-0.2, 0) is 4.79 Å². The van der Waals surface area contributed by atoms with E-state index in [1.807, 2.05) is 30.1 Å². The normalized spacial score (nSPS) is 27.2. The van der Waals surface area contributed by atoms with Crippen molar-refractivity contribution in [2.24, 2.45) is 4.99 Å². The topological polar surface area (TPSA) is 52.9 Å². The van der Waals surface area contributed by atoms with Gasteiger partial charge in [-0.05, 0) is 25.1 Å². The van der Waals surface area contributed by atoms with Gasteiger partial charge in [-0.1, -0.05) is 18.2 Å². The lowest BCUT2D eigenvalue weighted by Gasteiger charge is -2.33. The van der Waals surface area contributed by atoms with E-state index in [1.165, 1.54) is 5.56 Å². The molecule has 4 heteroatoms. The third-order valence-electron chi connectivity index (χ3n) is 3.67. The summed E-state index contributed by atoms with van der Waals surface area (Å²) < 4.78 is 0. The summed E-state index contributed by atoms with van der Waals surface area (Å²) in [6.07, 6.45) is 0.627. The average Bonchev–Trinajstić information content (AvgIpc) is 2.64. The largest absolute Gasteiger partial charge is 0.480 e.